The number of methoxy groups -OCH3 is 1. The van der Waals surface area contributed by atoms with Crippen molar-refractivity contribution in [2.75, 3.05) is 33.9 Å². The summed E-state index contributed by atoms with van der Waals surface area (Å²) < 4.78 is 7.28. The highest BCUT2D eigenvalue weighted by Gasteiger charge is 2.36. The van der Waals surface area contributed by atoms with Crippen molar-refractivity contribution < 1.29 is 4.74 Å². The van der Waals surface area contributed by atoms with Gasteiger partial charge in [-0.2, -0.15) is 0 Å². The minimum absolute atomic E-state index is 0. The molecule has 0 aliphatic heterocycles. The molecule has 1 aliphatic carbocycles. The van der Waals surface area contributed by atoms with Crippen LogP contribution in [0.15, 0.2) is 29.4 Å². The summed E-state index contributed by atoms with van der Waals surface area (Å²) in [6.45, 7) is 2.54. The molecule has 26 heavy (non-hydrogen) atoms. The van der Waals surface area contributed by atoms with Crippen molar-refractivity contribution in [1.82, 2.24) is 25.2 Å². The fraction of sp³-hybridized carbons (Fsp3) is 0.611. The quantitative estimate of drug-likeness (QED) is 0.350. The lowest BCUT2D eigenvalue weighted by molar-refractivity contribution is 0.0732. The van der Waals surface area contributed by atoms with Gasteiger partial charge in [0.15, 0.2) is 11.6 Å². The summed E-state index contributed by atoms with van der Waals surface area (Å²) in [6, 6.07) is 5.92. The number of nitrogens with one attached hydrogen (secondary N) is 2. The van der Waals surface area contributed by atoms with Crippen LogP contribution in [0.3, 0.4) is 0 Å². The van der Waals surface area contributed by atoms with E-state index < -0.39 is 0 Å². The number of hydrogen-bond donors (Lipinski definition) is 2. The number of nitrogens with zero attached hydrogens (tertiary/aromatic N) is 4. The van der Waals surface area contributed by atoms with E-state index in [4.69, 9.17) is 4.74 Å². The lowest BCUT2D eigenvalue weighted by Gasteiger charge is -2.42. The van der Waals surface area contributed by atoms with Crippen molar-refractivity contribution in [2.24, 2.45) is 10.4 Å². The second kappa shape index (κ2) is 10.1. The highest BCUT2D eigenvalue weighted by atomic mass is 127. The number of rotatable bonds is 8. The van der Waals surface area contributed by atoms with Crippen molar-refractivity contribution in [3.05, 3.63) is 30.2 Å². The Hall–Kier alpha value is -1.42. The Morgan fingerprint density at radius 3 is 2.85 bits per heavy atom. The summed E-state index contributed by atoms with van der Waals surface area (Å²) in [4.78, 5) is 4.33. The van der Waals surface area contributed by atoms with Crippen LogP contribution in [0.1, 0.15) is 31.5 Å². The highest BCUT2D eigenvalue weighted by molar-refractivity contribution is 14.0. The van der Waals surface area contributed by atoms with E-state index in [0.717, 1.165) is 50.0 Å². The molecule has 3 rings (SSSR count). The number of ether oxygens (including phenoxy) is 1. The zero-order valence-corrected chi connectivity index (χ0v) is 17.9. The first-order valence-corrected chi connectivity index (χ1v) is 8.98. The van der Waals surface area contributed by atoms with Crippen molar-refractivity contribution in [2.45, 2.75) is 32.1 Å². The van der Waals surface area contributed by atoms with Crippen LogP contribution in [-0.2, 0) is 11.2 Å². The van der Waals surface area contributed by atoms with E-state index in [1.807, 2.05) is 35.8 Å². The fourth-order valence-electron chi connectivity index (χ4n) is 3.36. The average molecular weight is 472 g/mol. The van der Waals surface area contributed by atoms with Gasteiger partial charge in [0.1, 0.15) is 5.82 Å². The number of hydrogen-bond acceptors (Lipinski definition) is 4. The second-order valence-corrected chi connectivity index (χ2v) is 6.74. The van der Waals surface area contributed by atoms with Crippen LogP contribution < -0.4 is 10.6 Å². The summed E-state index contributed by atoms with van der Waals surface area (Å²) in [6.07, 6.45) is 7.75. The van der Waals surface area contributed by atoms with Gasteiger partial charge in [-0.05, 0) is 36.8 Å². The van der Waals surface area contributed by atoms with Crippen molar-refractivity contribution in [3.63, 3.8) is 0 Å². The van der Waals surface area contributed by atoms with Gasteiger partial charge in [-0.1, -0.05) is 12.5 Å². The molecule has 144 valence electrons. The second-order valence-electron chi connectivity index (χ2n) is 6.74. The Labute approximate surface area is 172 Å². The zero-order chi connectivity index (χ0) is 17.5. The summed E-state index contributed by atoms with van der Waals surface area (Å²) in [5, 5.41) is 15.3. The number of aliphatic imine (C=N–C) groups is 1. The predicted molar refractivity (Wildman–Crippen MR) is 114 cm³/mol. The Bertz CT molecular complexity index is 713. The third-order valence-corrected chi connectivity index (χ3v) is 5.13. The number of aromatic nitrogens is 3. The first kappa shape index (κ1) is 20.9. The van der Waals surface area contributed by atoms with Gasteiger partial charge in [-0.25, -0.2) is 0 Å². The van der Waals surface area contributed by atoms with Crippen LogP contribution in [-0.4, -0.2) is 54.4 Å². The molecule has 7 nitrogen and oxygen atoms in total. The zero-order valence-electron chi connectivity index (χ0n) is 15.6. The smallest absolute Gasteiger partial charge is 0.191 e. The molecule has 8 heteroatoms. The topological polar surface area (TPSA) is 75.8 Å². The molecule has 0 amide bonds. The molecule has 0 unspecified atom stereocenters. The molecular weight excluding hydrogens is 443 g/mol. The normalized spacial score (nSPS) is 16.0. The average Bonchev–Trinajstić information content (AvgIpc) is 3.02. The summed E-state index contributed by atoms with van der Waals surface area (Å²) in [5.74, 6) is 1.80. The molecule has 0 radical (unpaired) electrons. The van der Waals surface area contributed by atoms with Crippen molar-refractivity contribution in [1.29, 1.82) is 0 Å². The van der Waals surface area contributed by atoms with Crippen molar-refractivity contribution in [3.8, 4) is 0 Å². The lowest BCUT2D eigenvalue weighted by atomic mass is 9.67. The van der Waals surface area contributed by atoms with E-state index in [9.17, 15) is 0 Å². The molecule has 0 bridgehead atoms. The Balaban J connectivity index is 0.00000243. The largest absolute Gasteiger partial charge is 0.385 e. The first-order chi connectivity index (χ1) is 12.3. The van der Waals surface area contributed by atoms with E-state index in [1.54, 1.807) is 7.11 Å². The van der Waals surface area contributed by atoms with E-state index in [1.165, 1.54) is 19.3 Å². The van der Waals surface area contributed by atoms with Crippen LogP contribution in [0.25, 0.3) is 5.65 Å². The molecule has 0 aromatic carbocycles. The monoisotopic (exact) mass is 472 g/mol. The SMILES string of the molecule is CN=C(NCCc1nnc2ccccn12)NCC1(CCOC)CCC1.I. The van der Waals surface area contributed by atoms with E-state index in [-0.39, 0.29) is 24.0 Å². The summed E-state index contributed by atoms with van der Waals surface area (Å²) in [5.41, 5.74) is 1.25. The number of fused-ring (bicyclic) bond motifs is 1. The molecule has 1 aliphatic rings. The molecule has 0 spiro atoms. The molecule has 1 saturated carbocycles. The maximum atomic E-state index is 5.26. The number of pyridine rings is 1. The molecule has 2 heterocycles. The lowest BCUT2D eigenvalue weighted by Crippen LogP contribution is -2.47. The van der Waals surface area contributed by atoms with Gasteiger partial charge in [-0.3, -0.25) is 9.39 Å². The molecular formula is C18H29IN6O. The van der Waals surface area contributed by atoms with Crippen LogP contribution in [0.5, 0.6) is 0 Å². The van der Waals surface area contributed by atoms with Crippen LogP contribution >= 0.6 is 24.0 Å². The molecule has 2 aromatic heterocycles. The molecule has 2 N–H and O–H groups in total. The third kappa shape index (κ3) is 5.06. The van der Waals surface area contributed by atoms with Gasteiger partial charge in [0, 0.05) is 46.5 Å². The van der Waals surface area contributed by atoms with Gasteiger partial charge in [0.25, 0.3) is 0 Å². The molecule has 0 saturated heterocycles. The van der Waals surface area contributed by atoms with E-state index in [0.29, 0.717) is 5.41 Å². The van der Waals surface area contributed by atoms with Gasteiger partial charge in [0.2, 0.25) is 0 Å². The van der Waals surface area contributed by atoms with E-state index in [2.05, 4.69) is 25.8 Å². The highest BCUT2D eigenvalue weighted by Crippen LogP contribution is 2.43. The van der Waals surface area contributed by atoms with E-state index >= 15 is 0 Å². The maximum Gasteiger partial charge on any atom is 0.191 e. The Morgan fingerprint density at radius 2 is 2.15 bits per heavy atom. The van der Waals surface area contributed by atoms with Gasteiger partial charge in [0.05, 0.1) is 0 Å². The van der Waals surface area contributed by atoms with Gasteiger partial charge in [-0.15, -0.1) is 34.2 Å². The van der Waals surface area contributed by atoms with Gasteiger partial charge < -0.3 is 15.4 Å². The minimum atomic E-state index is 0. The Kier molecular flexibility index (Phi) is 8.08. The summed E-state index contributed by atoms with van der Waals surface area (Å²) in [7, 11) is 3.58. The summed E-state index contributed by atoms with van der Waals surface area (Å²) >= 11 is 0. The Morgan fingerprint density at radius 1 is 1.31 bits per heavy atom. The molecule has 2 aromatic rings. The van der Waals surface area contributed by atoms with Gasteiger partial charge >= 0.3 is 0 Å². The van der Waals surface area contributed by atoms with Crippen LogP contribution in [0.4, 0.5) is 0 Å². The molecule has 0 atom stereocenters. The van der Waals surface area contributed by atoms with Crippen LogP contribution in [0.2, 0.25) is 0 Å². The molecule has 1 fully saturated rings. The standard InChI is InChI=1S/C18H28N6O.HI/c1-19-17(21-14-18(8-5-9-18)10-13-25-2)20-11-7-16-23-22-15-6-3-4-12-24(15)16;/h3-4,6,12H,5,7-11,13-14H2,1-2H3,(H2,19,20,21);1H. The predicted octanol–water partition coefficient (Wildman–Crippen LogP) is 2.26. The van der Waals surface area contributed by atoms with Crippen molar-refractivity contribution >= 4 is 35.6 Å². The maximum absolute atomic E-state index is 5.26. The number of guanidine groups is 1. The minimum Gasteiger partial charge on any atom is -0.385 e. The van der Waals surface area contributed by atoms with Crippen LogP contribution in [0, 0.1) is 5.41 Å². The number of halogens is 1. The fourth-order valence-corrected chi connectivity index (χ4v) is 3.36. The third-order valence-electron chi connectivity index (χ3n) is 5.13. The first-order valence-electron chi connectivity index (χ1n) is 8.98.